The molecule has 1 saturated carbocycles. The summed E-state index contributed by atoms with van der Waals surface area (Å²) < 4.78 is 0. The third kappa shape index (κ3) is 2.11. The summed E-state index contributed by atoms with van der Waals surface area (Å²) in [4.78, 5) is 10.6. The summed E-state index contributed by atoms with van der Waals surface area (Å²) in [5.41, 5.74) is 2.87. The van der Waals surface area contributed by atoms with E-state index in [9.17, 15) is 4.79 Å². The largest absolute Gasteiger partial charge is 0.303 e. The molecule has 0 saturated heterocycles. The van der Waals surface area contributed by atoms with Crippen molar-refractivity contribution in [1.29, 1.82) is 0 Å². The van der Waals surface area contributed by atoms with Gasteiger partial charge in [-0.2, -0.15) is 0 Å². The lowest BCUT2D eigenvalue weighted by Gasteiger charge is -2.29. The summed E-state index contributed by atoms with van der Waals surface area (Å²) >= 11 is 0. The number of rotatable bonds is 4. The highest BCUT2D eigenvalue weighted by atomic mass is 16.1. The molecule has 1 nitrogen and oxygen atoms in total. The van der Waals surface area contributed by atoms with E-state index in [-0.39, 0.29) is 0 Å². The molecule has 1 heteroatoms. The van der Waals surface area contributed by atoms with Crippen molar-refractivity contribution < 1.29 is 4.79 Å². The molecule has 0 radical (unpaired) electrons. The molecule has 0 aliphatic heterocycles. The predicted octanol–water partition coefficient (Wildman–Crippen LogP) is 3.65. The zero-order chi connectivity index (χ0) is 10.7. The lowest BCUT2D eigenvalue weighted by atomic mass is 9.76. The fourth-order valence-electron chi connectivity index (χ4n) is 2.32. The highest BCUT2D eigenvalue weighted by Gasteiger charge is 2.23. The van der Waals surface area contributed by atoms with E-state index < -0.39 is 0 Å². The molecule has 0 spiro atoms. The second kappa shape index (κ2) is 4.61. The van der Waals surface area contributed by atoms with Crippen molar-refractivity contribution in [3.8, 4) is 0 Å². The van der Waals surface area contributed by atoms with Crippen LogP contribution in [-0.4, -0.2) is 6.29 Å². The maximum absolute atomic E-state index is 10.6. The molecule has 80 valence electrons. The smallest absolute Gasteiger partial charge is 0.120 e. The summed E-state index contributed by atoms with van der Waals surface area (Å²) in [6.07, 6.45) is 5.68. The van der Waals surface area contributed by atoms with E-state index in [1.54, 1.807) is 0 Å². The van der Waals surface area contributed by atoms with Gasteiger partial charge >= 0.3 is 0 Å². The average molecular weight is 202 g/mol. The Balaban J connectivity index is 2.24. The molecule has 1 fully saturated rings. The Morgan fingerprint density at radius 3 is 2.73 bits per heavy atom. The first-order chi connectivity index (χ1) is 7.33. The van der Waals surface area contributed by atoms with E-state index in [2.05, 4.69) is 31.2 Å². The molecule has 0 amide bonds. The molecule has 0 N–H and O–H groups in total. The SMILES string of the molecule is CC(CC=O)c1ccccc1C1CCC1. The second-order valence-corrected chi connectivity index (χ2v) is 4.56. The van der Waals surface area contributed by atoms with Crippen LogP contribution >= 0.6 is 0 Å². The van der Waals surface area contributed by atoms with E-state index in [0.717, 1.165) is 12.2 Å². The van der Waals surface area contributed by atoms with Crippen LogP contribution in [0.15, 0.2) is 24.3 Å². The lowest BCUT2D eigenvalue weighted by Crippen LogP contribution is -2.12. The van der Waals surface area contributed by atoms with E-state index in [1.165, 1.54) is 30.4 Å². The van der Waals surface area contributed by atoms with Crippen LogP contribution in [0.25, 0.3) is 0 Å². The summed E-state index contributed by atoms with van der Waals surface area (Å²) in [5.74, 6) is 1.13. The van der Waals surface area contributed by atoms with Crippen LogP contribution in [0, 0.1) is 0 Å². The molecule has 1 atom stereocenters. The maximum Gasteiger partial charge on any atom is 0.120 e. The molecule has 1 aliphatic carbocycles. The Morgan fingerprint density at radius 1 is 1.40 bits per heavy atom. The van der Waals surface area contributed by atoms with Gasteiger partial charge in [-0.25, -0.2) is 0 Å². The summed E-state index contributed by atoms with van der Waals surface area (Å²) in [5, 5.41) is 0. The van der Waals surface area contributed by atoms with E-state index in [1.807, 2.05) is 0 Å². The number of benzene rings is 1. The zero-order valence-electron chi connectivity index (χ0n) is 9.28. The van der Waals surface area contributed by atoms with Gasteiger partial charge in [0.15, 0.2) is 0 Å². The van der Waals surface area contributed by atoms with Gasteiger partial charge in [-0.15, -0.1) is 0 Å². The van der Waals surface area contributed by atoms with Gasteiger partial charge in [-0.1, -0.05) is 37.6 Å². The molecule has 2 rings (SSSR count). The molecule has 1 aliphatic rings. The number of hydrogen-bond donors (Lipinski definition) is 0. The third-order valence-corrected chi connectivity index (χ3v) is 3.52. The molecule has 15 heavy (non-hydrogen) atoms. The standard InChI is InChI=1S/C14H18O/c1-11(9-10-15)13-7-2-3-8-14(13)12-5-4-6-12/h2-3,7-8,10-12H,4-6,9H2,1H3. The molecular weight excluding hydrogens is 184 g/mol. The topological polar surface area (TPSA) is 17.1 Å². The third-order valence-electron chi connectivity index (χ3n) is 3.52. The molecule has 0 heterocycles. The molecule has 0 aromatic heterocycles. The van der Waals surface area contributed by atoms with Crippen molar-refractivity contribution in [2.24, 2.45) is 0 Å². The summed E-state index contributed by atoms with van der Waals surface area (Å²) in [6.45, 7) is 2.14. The minimum Gasteiger partial charge on any atom is -0.303 e. The highest BCUT2D eigenvalue weighted by Crippen LogP contribution is 2.40. The number of aldehydes is 1. The van der Waals surface area contributed by atoms with Gasteiger partial charge in [-0.05, 0) is 35.8 Å². The Kier molecular flexibility index (Phi) is 3.20. The quantitative estimate of drug-likeness (QED) is 0.681. The van der Waals surface area contributed by atoms with Crippen molar-refractivity contribution in [1.82, 2.24) is 0 Å². The first kappa shape index (κ1) is 10.4. The van der Waals surface area contributed by atoms with Crippen molar-refractivity contribution in [2.75, 3.05) is 0 Å². The lowest BCUT2D eigenvalue weighted by molar-refractivity contribution is -0.108. The molecule has 1 aromatic carbocycles. The van der Waals surface area contributed by atoms with Crippen LogP contribution in [0.2, 0.25) is 0 Å². The minimum atomic E-state index is 0.374. The van der Waals surface area contributed by atoms with Gasteiger partial charge in [-0.3, -0.25) is 0 Å². The molecular formula is C14H18O. The van der Waals surface area contributed by atoms with Gasteiger partial charge in [0.2, 0.25) is 0 Å². The van der Waals surface area contributed by atoms with Crippen molar-refractivity contribution in [3.05, 3.63) is 35.4 Å². The van der Waals surface area contributed by atoms with Crippen LogP contribution in [0.3, 0.4) is 0 Å². The Morgan fingerprint density at radius 2 is 2.13 bits per heavy atom. The maximum atomic E-state index is 10.6. The van der Waals surface area contributed by atoms with Gasteiger partial charge in [0.1, 0.15) is 6.29 Å². The molecule has 0 bridgehead atoms. The first-order valence-electron chi connectivity index (χ1n) is 5.85. The van der Waals surface area contributed by atoms with Crippen molar-refractivity contribution in [2.45, 2.75) is 44.4 Å². The monoisotopic (exact) mass is 202 g/mol. The van der Waals surface area contributed by atoms with Crippen LogP contribution in [0.1, 0.15) is 55.6 Å². The Labute approximate surface area is 91.5 Å². The van der Waals surface area contributed by atoms with Crippen molar-refractivity contribution in [3.63, 3.8) is 0 Å². The average Bonchev–Trinajstić information content (AvgIpc) is 2.16. The Bertz CT molecular complexity index is 339. The Hall–Kier alpha value is -1.11. The van der Waals surface area contributed by atoms with Gasteiger partial charge in [0, 0.05) is 6.42 Å². The summed E-state index contributed by atoms with van der Waals surface area (Å²) in [6, 6.07) is 8.62. The predicted molar refractivity (Wildman–Crippen MR) is 62.1 cm³/mol. The molecule has 1 unspecified atom stereocenters. The van der Waals surface area contributed by atoms with Crippen LogP contribution in [-0.2, 0) is 4.79 Å². The van der Waals surface area contributed by atoms with Crippen LogP contribution in [0.4, 0.5) is 0 Å². The first-order valence-corrected chi connectivity index (χ1v) is 5.85. The van der Waals surface area contributed by atoms with Crippen molar-refractivity contribution >= 4 is 6.29 Å². The fourth-order valence-corrected chi connectivity index (χ4v) is 2.32. The normalized spacial score (nSPS) is 18.2. The minimum absolute atomic E-state index is 0.374. The number of carbonyl (C=O) groups is 1. The van der Waals surface area contributed by atoms with E-state index >= 15 is 0 Å². The summed E-state index contributed by atoms with van der Waals surface area (Å²) in [7, 11) is 0. The van der Waals surface area contributed by atoms with E-state index in [0.29, 0.717) is 12.3 Å². The number of carbonyl (C=O) groups excluding carboxylic acids is 1. The highest BCUT2D eigenvalue weighted by molar-refractivity contribution is 5.52. The fraction of sp³-hybridized carbons (Fsp3) is 0.500. The number of hydrogen-bond acceptors (Lipinski definition) is 1. The van der Waals surface area contributed by atoms with Gasteiger partial charge < -0.3 is 4.79 Å². The van der Waals surface area contributed by atoms with Gasteiger partial charge in [0.25, 0.3) is 0 Å². The zero-order valence-corrected chi connectivity index (χ0v) is 9.28. The van der Waals surface area contributed by atoms with Gasteiger partial charge in [0.05, 0.1) is 0 Å². The van der Waals surface area contributed by atoms with Crippen LogP contribution in [0.5, 0.6) is 0 Å². The van der Waals surface area contributed by atoms with E-state index in [4.69, 9.17) is 0 Å². The second-order valence-electron chi connectivity index (χ2n) is 4.56. The molecule has 1 aromatic rings. The van der Waals surface area contributed by atoms with Crippen LogP contribution < -0.4 is 0 Å².